The zero-order chi connectivity index (χ0) is 16.4. The number of hydrogen-bond acceptors (Lipinski definition) is 3. The van der Waals surface area contributed by atoms with Crippen LogP contribution in [-0.4, -0.2) is 11.4 Å². The molecule has 1 aromatic carbocycles. The van der Waals surface area contributed by atoms with Crippen LogP contribution in [0.15, 0.2) is 24.3 Å². The van der Waals surface area contributed by atoms with Crippen LogP contribution in [0, 0.1) is 11.8 Å². The Labute approximate surface area is 139 Å². The second-order valence-corrected chi connectivity index (χ2v) is 7.94. The van der Waals surface area contributed by atoms with Crippen molar-refractivity contribution in [1.29, 1.82) is 0 Å². The lowest BCUT2D eigenvalue weighted by atomic mass is 9.82. The van der Waals surface area contributed by atoms with Crippen LogP contribution < -0.4 is 0 Å². The first-order chi connectivity index (χ1) is 11.0. The molecule has 2 atom stereocenters. The summed E-state index contributed by atoms with van der Waals surface area (Å²) in [5.74, 6) is 0.564. The summed E-state index contributed by atoms with van der Waals surface area (Å²) in [6, 6.07) is 7.87. The van der Waals surface area contributed by atoms with Crippen LogP contribution in [0.4, 0.5) is 0 Å². The largest absolute Gasteiger partial charge is 0.294 e. The molecule has 1 aromatic rings. The van der Waals surface area contributed by atoms with Gasteiger partial charge in [-0.15, -0.1) is 0 Å². The normalized spacial score (nSPS) is 26.1. The monoisotopic (exact) mass is 316 g/mol. The second-order valence-electron chi connectivity index (χ2n) is 7.94. The Balaban J connectivity index is 1.87. The Morgan fingerprint density at radius 1 is 1.00 bits per heavy atom. The van der Waals surface area contributed by atoms with Gasteiger partial charge < -0.3 is 0 Å². The molecule has 0 radical (unpaired) electrons. The number of benzene rings is 1. The number of carbonyl (C=O) groups is 1. The molecule has 126 valence electrons. The highest BCUT2D eigenvalue weighted by Gasteiger charge is 2.45. The van der Waals surface area contributed by atoms with E-state index in [1.807, 2.05) is 45.0 Å². The smallest absolute Gasteiger partial charge is 0.169 e. The van der Waals surface area contributed by atoms with E-state index in [1.54, 1.807) is 0 Å². The summed E-state index contributed by atoms with van der Waals surface area (Å²) >= 11 is 0. The summed E-state index contributed by atoms with van der Waals surface area (Å²) < 4.78 is 0. The first-order valence-corrected chi connectivity index (χ1v) is 8.95. The first-order valence-electron chi connectivity index (χ1n) is 8.95. The van der Waals surface area contributed by atoms with Crippen molar-refractivity contribution in [2.45, 2.75) is 71.0 Å². The van der Waals surface area contributed by atoms with E-state index in [-0.39, 0.29) is 23.4 Å². The molecular formula is C20H28O3. The van der Waals surface area contributed by atoms with Gasteiger partial charge in [-0.25, -0.2) is 9.78 Å². The molecule has 0 aromatic heterocycles. The minimum atomic E-state index is -0.380. The van der Waals surface area contributed by atoms with Crippen molar-refractivity contribution >= 4 is 5.78 Å². The number of rotatable bonds is 3. The summed E-state index contributed by atoms with van der Waals surface area (Å²) in [5, 5.41) is 0. The second kappa shape index (κ2) is 6.74. The molecule has 0 saturated heterocycles. The topological polar surface area (TPSA) is 35.5 Å². The highest BCUT2D eigenvalue weighted by molar-refractivity contribution is 6.03. The third-order valence-electron chi connectivity index (χ3n) is 4.97. The molecule has 0 bridgehead atoms. The van der Waals surface area contributed by atoms with Crippen molar-refractivity contribution in [3.8, 4) is 0 Å². The van der Waals surface area contributed by atoms with Crippen molar-refractivity contribution < 1.29 is 14.6 Å². The lowest BCUT2D eigenvalue weighted by molar-refractivity contribution is -0.381. The average molecular weight is 316 g/mol. The molecular weight excluding hydrogens is 288 g/mol. The van der Waals surface area contributed by atoms with Crippen molar-refractivity contribution in [3.05, 3.63) is 35.4 Å². The third kappa shape index (κ3) is 3.67. The van der Waals surface area contributed by atoms with Crippen molar-refractivity contribution in [2.75, 3.05) is 0 Å². The van der Waals surface area contributed by atoms with Crippen molar-refractivity contribution in [3.63, 3.8) is 0 Å². The SMILES string of the molecule is CC(C)(C)OOC1c2ccccc2C(=O)C1C1CCCCCC1. The predicted octanol–water partition coefficient (Wildman–Crippen LogP) is 5.26. The molecule has 3 nitrogen and oxygen atoms in total. The van der Waals surface area contributed by atoms with E-state index in [9.17, 15) is 4.79 Å². The maximum atomic E-state index is 13.0. The van der Waals surface area contributed by atoms with E-state index in [1.165, 1.54) is 25.7 Å². The molecule has 1 saturated carbocycles. The molecule has 0 aliphatic heterocycles. The summed E-state index contributed by atoms with van der Waals surface area (Å²) in [7, 11) is 0. The Bertz CT molecular complexity index is 550. The predicted molar refractivity (Wildman–Crippen MR) is 90.1 cm³/mol. The average Bonchev–Trinajstić information content (AvgIpc) is 2.69. The van der Waals surface area contributed by atoms with Crippen LogP contribution in [0.5, 0.6) is 0 Å². The maximum Gasteiger partial charge on any atom is 0.169 e. The van der Waals surface area contributed by atoms with E-state index in [0.29, 0.717) is 5.92 Å². The van der Waals surface area contributed by atoms with Crippen molar-refractivity contribution in [2.24, 2.45) is 11.8 Å². The number of ketones is 1. The van der Waals surface area contributed by atoms with E-state index in [2.05, 4.69) is 0 Å². The zero-order valence-electron chi connectivity index (χ0n) is 14.5. The van der Waals surface area contributed by atoms with Gasteiger partial charge in [0.2, 0.25) is 0 Å². The van der Waals surface area contributed by atoms with Gasteiger partial charge in [0.05, 0.1) is 11.5 Å². The van der Waals surface area contributed by atoms with Gasteiger partial charge in [0, 0.05) is 5.56 Å². The number of Topliss-reactive ketones (excluding diaryl/α,β-unsaturated/α-hetero) is 1. The Morgan fingerprint density at radius 2 is 1.65 bits per heavy atom. The van der Waals surface area contributed by atoms with E-state index in [4.69, 9.17) is 9.78 Å². The fourth-order valence-corrected chi connectivity index (χ4v) is 3.92. The highest BCUT2D eigenvalue weighted by Crippen LogP contribution is 2.46. The molecule has 3 rings (SSSR count). The van der Waals surface area contributed by atoms with Crippen LogP contribution in [0.2, 0.25) is 0 Å². The van der Waals surface area contributed by atoms with Gasteiger partial charge in [-0.1, -0.05) is 49.9 Å². The van der Waals surface area contributed by atoms with Gasteiger partial charge in [-0.3, -0.25) is 4.79 Å². The number of hydrogen-bond donors (Lipinski definition) is 0. The first kappa shape index (κ1) is 16.7. The molecule has 23 heavy (non-hydrogen) atoms. The van der Waals surface area contributed by atoms with Gasteiger partial charge in [0.1, 0.15) is 6.10 Å². The Morgan fingerprint density at radius 3 is 2.30 bits per heavy atom. The third-order valence-corrected chi connectivity index (χ3v) is 4.97. The zero-order valence-corrected chi connectivity index (χ0v) is 14.5. The van der Waals surface area contributed by atoms with E-state index >= 15 is 0 Å². The summed E-state index contributed by atoms with van der Waals surface area (Å²) in [5.41, 5.74) is 1.44. The maximum absolute atomic E-state index is 13.0. The fourth-order valence-electron chi connectivity index (χ4n) is 3.92. The lowest BCUT2D eigenvalue weighted by Crippen LogP contribution is -2.28. The molecule has 2 unspecified atom stereocenters. The Hall–Kier alpha value is -1.19. The standard InChI is InChI=1S/C20H28O3/c1-20(2,3)23-22-19-16-13-9-8-12-15(16)18(21)17(19)14-10-6-4-5-7-11-14/h8-9,12-14,17,19H,4-7,10-11H2,1-3H3. The minimum Gasteiger partial charge on any atom is -0.294 e. The van der Waals surface area contributed by atoms with Crippen LogP contribution >= 0.6 is 0 Å². The van der Waals surface area contributed by atoms with Gasteiger partial charge >= 0.3 is 0 Å². The van der Waals surface area contributed by atoms with Gasteiger partial charge in [-0.2, -0.15) is 0 Å². The molecule has 0 N–H and O–H groups in total. The summed E-state index contributed by atoms with van der Waals surface area (Å²) in [6.45, 7) is 5.91. The van der Waals surface area contributed by atoms with Gasteiger partial charge in [0.15, 0.2) is 5.78 Å². The van der Waals surface area contributed by atoms with Crippen molar-refractivity contribution in [1.82, 2.24) is 0 Å². The molecule has 2 aliphatic rings. The molecule has 0 heterocycles. The quantitative estimate of drug-likeness (QED) is 0.433. The highest BCUT2D eigenvalue weighted by atomic mass is 17.2. The summed E-state index contributed by atoms with van der Waals surface area (Å²) in [4.78, 5) is 24.5. The van der Waals surface area contributed by atoms with E-state index < -0.39 is 0 Å². The number of carbonyl (C=O) groups excluding carboxylic acids is 1. The van der Waals surface area contributed by atoms with Crippen LogP contribution in [-0.2, 0) is 9.78 Å². The molecule has 2 aliphatic carbocycles. The van der Waals surface area contributed by atoms with Gasteiger partial charge in [0.25, 0.3) is 0 Å². The van der Waals surface area contributed by atoms with Crippen LogP contribution in [0.3, 0.4) is 0 Å². The minimum absolute atomic E-state index is 0.0900. The fraction of sp³-hybridized carbons (Fsp3) is 0.650. The summed E-state index contributed by atoms with van der Waals surface area (Å²) in [6.07, 6.45) is 7.00. The molecule has 3 heteroatoms. The van der Waals surface area contributed by atoms with Crippen LogP contribution in [0.25, 0.3) is 0 Å². The number of fused-ring (bicyclic) bond motifs is 1. The Kier molecular flexibility index (Phi) is 4.88. The van der Waals surface area contributed by atoms with Gasteiger partial charge in [-0.05, 0) is 45.1 Å². The molecule has 0 spiro atoms. The van der Waals surface area contributed by atoms with E-state index in [0.717, 1.165) is 24.0 Å². The molecule has 0 amide bonds. The molecule has 1 fully saturated rings. The lowest BCUT2D eigenvalue weighted by Gasteiger charge is -2.28. The van der Waals surface area contributed by atoms with Crippen LogP contribution in [0.1, 0.15) is 81.3 Å².